The number of benzene rings is 1. The Morgan fingerprint density at radius 1 is 1.29 bits per heavy atom. The molecule has 0 spiro atoms. The summed E-state index contributed by atoms with van der Waals surface area (Å²) in [6.07, 6.45) is 1.45. The van der Waals surface area contributed by atoms with Crippen molar-refractivity contribution in [1.82, 2.24) is 4.98 Å². The SMILES string of the molecule is CC(C)c1cccc(NS(=O)(=O)c2cc(Br)cnc2Cl)c1. The van der Waals surface area contributed by atoms with Crippen LogP contribution in [-0.2, 0) is 10.0 Å². The van der Waals surface area contributed by atoms with Crippen molar-refractivity contribution in [2.45, 2.75) is 24.7 Å². The molecule has 0 saturated heterocycles. The molecule has 0 fully saturated rings. The summed E-state index contributed by atoms with van der Waals surface area (Å²) in [6, 6.07) is 8.69. The molecule has 1 aromatic carbocycles. The second kappa shape index (κ2) is 6.34. The van der Waals surface area contributed by atoms with E-state index in [4.69, 9.17) is 11.6 Å². The van der Waals surface area contributed by atoms with E-state index in [1.54, 1.807) is 6.07 Å². The Morgan fingerprint density at radius 2 is 2.00 bits per heavy atom. The van der Waals surface area contributed by atoms with Gasteiger partial charge in [0.15, 0.2) is 0 Å². The second-order valence-electron chi connectivity index (χ2n) is 4.83. The Kier molecular flexibility index (Phi) is 4.91. The van der Waals surface area contributed by atoms with Gasteiger partial charge in [0.25, 0.3) is 10.0 Å². The summed E-state index contributed by atoms with van der Waals surface area (Å²) in [5.74, 6) is 0.311. The highest BCUT2D eigenvalue weighted by Crippen LogP contribution is 2.26. The quantitative estimate of drug-likeness (QED) is 0.787. The van der Waals surface area contributed by atoms with E-state index in [2.05, 4.69) is 25.6 Å². The average molecular weight is 390 g/mol. The van der Waals surface area contributed by atoms with Gasteiger partial charge in [-0.2, -0.15) is 0 Å². The molecule has 2 aromatic rings. The van der Waals surface area contributed by atoms with Gasteiger partial charge in [-0.25, -0.2) is 13.4 Å². The number of rotatable bonds is 4. The monoisotopic (exact) mass is 388 g/mol. The molecule has 0 aliphatic carbocycles. The van der Waals surface area contributed by atoms with E-state index >= 15 is 0 Å². The minimum absolute atomic E-state index is 0.0616. The summed E-state index contributed by atoms with van der Waals surface area (Å²) in [5, 5.41) is -0.0642. The third-order valence-corrected chi connectivity index (χ3v) is 5.11. The number of halogens is 2. The lowest BCUT2D eigenvalue weighted by molar-refractivity contribution is 0.601. The molecule has 4 nitrogen and oxygen atoms in total. The predicted molar refractivity (Wildman–Crippen MR) is 88.3 cm³/mol. The van der Waals surface area contributed by atoms with Crippen molar-refractivity contribution in [3.05, 3.63) is 51.7 Å². The van der Waals surface area contributed by atoms with Gasteiger partial charge in [0.1, 0.15) is 10.0 Å². The maximum Gasteiger partial charge on any atom is 0.265 e. The van der Waals surface area contributed by atoms with Crippen LogP contribution in [0.15, 0.2) is 45.9 Å². The van der Waals surface area contributed by atoms with Gasteiger partial charge in [-0.15, -0.1) is 0 Å². The summed E-state index contributed by atoms with van der Waals surface area (Å²) >= 11 is 9.07. The van der Waals surface area contributed by atoms with Crippen LogP contribution in [0.4, 0.5) is 5.69 Å². The molecule has 7 heteroatoms. The molecule has 0 amide bonds. The van der Waals surface area contributed by atoms with Crippen LogP contribution in [0, 0.1) is 0 Å². The van der Waals surface area contributed by atoms with Crippen molar-refractivity contribution in [3.63, 3.8) is 0 Å². The molecule has 0 bridgehead atoms. The van der Waals surface area contributed by atoms with E-state index in [9.17, 15) is 8.42 Å². The Labute approximate surface area is 137 Å². The molecule has 0 aliphatic heterocycles. The third kappa shape index (κ3) is 3.96. The maximum absolute atomic E-state index is 12.4. The smallest absolute Gasteiger partial charge is 0.265 e. The van der Waals surface area contributed by atoms with E-state index in [1.807, 2.05) is 32.0 Å². The lowest BCUT2D eigenvalue weighted by Crippen LogP contribution is -2.14. The number of nitrogens with zero attached hydrogens (tertiary/aromatic N) is 1. The zero-order valence-electron chi connectivity index (χ0n) is 11.5. The van der Waals surface area contributed by atoms with E-state index in [1.165, 1.54) is 12.3 Å². The number of anilines is 1. The van der Waals surface area contributed by atoms with Crippen molar-refractivity contribution in [2.75, 3.05) is 4.72 Å². The van der Waals surface area contributed by atoms with Gasteiger partial charge < -0.3 is 0 Å². The van der Waals surface area contributed by atoms with Gasteiger partial charge in [-0.3, -0.25) is 4.72 Å². The van der Waals surface area contributed by atoms with Crippen LogP contribution in [0.3, 0.4) is 0 Å². The molecule has 1 N–H and O–H groups in total. The van der Waals surface area contributed by atoms with Crippen LogP contribution < -0.4 is 4.72 Å². The highest BCUT2D eigenvalue weighted by Gasteiger charge is 2.19. The van der Waals surface area contributed by atoms with Gasteiger partial charge in [0, 0.05) is 16.4 Å². The summed E-state index contributed by atoms with van der Waals surface area (Å²) in [4.78, 5) is 3.77. The summed E-state index contributed by atoms with van der Waals surface area (Å²) < 4.78 is 27.9. The number of aromatic nitrogens is 1. The fourth-order valence-electron chi connectivity index (χ4n) is 1.76. The topological polar surface area (TPSA) is 59.1 Å². The van der Waals surface area contributed by atoms with Crippen molar-refractivity contribution < 1.29 is 8.42 Å². The van der Waals surface area contributed by atoms with Gasteiger partial charge in [0.2, 0.25) is 0 Å². The van der Waals surface area contributed by atoms with Crippen LogP contribution in [0.25, 0.3) is 0 Å². The van der Waals surface area contributed by atoms with Gasteiger partial charge >= 0.3 is 0 Å². The molecule has 1 heterocycles. The van der Waals surface area contributed by atoms with Gasteiger partial charge in [0.05, 0.1) is 0 Å². The minimum atomic E-state index is -3.78. The largest absolute Gasteiger partial charge is 0.280 e. The van der Waals surface area contributed by atoms with Crippen LogP contribution in [0.1, 0.15) is 25.3 Å². The Balaban J connectivity index is 2.37. The summed E-state index contributed by atoms with van der Waals surface area (Å²) in [5.41, 5.74) is 1.55. The molecular weight excluding hydrogens is 376 g/mol. The lowest BCUT2D eigenvalue weighted by atomic mass is 10.0. The molecule has 0 radical (unpaired) electrons. The number of sulfonamides is 1. The Bertz CT molecular complexity index is 763. The predicted octanol–water partition coefficient (Wildman–Crippen LogP) is 4.42. The molecule has 0 unspecified atom stereocenters. The second-order valence-corrected chi connectivity index (χ2v) is 7.75. The van der Waals surface area contributed by atoms with Gasteiger partial charge in [-0.1, -0.05) is 37.6 Å². The Morgan fingerprint density at radius 3 is 2.67 bits per heavy atom. The standard InChI is InChI=1S/C14H14BrClN2O2S/c1-9(2)10-4-3-5-12(6-10)18-21(19,20)13-7-11(15)8-17-14(13)16/h3-9,18H,1-2H3. The number of pyridine rings is 1. The van der Waals surface area contributed by atoms with E-state index in [0.29, 0.717) is 16.1 Å². The lowest BCUT2D eigenvalue weighted by Gasteiger charge is -2.12. The van der Waals surface area contributed by atoms with Crippen LogP contribution in [-0.4, -0.2) is 13.4 Å². The van der Waals surface area contributed by atoms with Crippen LogP contribution >= 0.6 is 27.5 Å². The zero-order chi connectivity index (χ0) is 15.6. The minimum Gasteiger partial charge on any atom is -0.280 e. The molecule has 0 atom stereocenters. The van der Waals surface area contributed by atoms with Gasteiger partial charge in [-0.05, 0) is 45.6 Å². The van der Waals surface area contributed by atoms with Crippen molar-refractivity contribution in [1.29, 1.82) is 0 Å². The first-order chi connectivity index (χ1) is 9.79. The summed E-state index contributed by atoms with van der Waals surface area (Å²) in [6.45, 7) is 4.09. The fraction of sp³-hybridized carbons (Fsp3) is 0.214. The number of hydrogen-bond acceptors (Lipinski definition) is 3. The zero-order valence-corrected chi connectivity index (χ0v) is 14.6. The Hall–Kier alpha value is -1.11. The molecular formula is C14H14BrClN2O2S. The molecule has 112 valence electrons. The van der Waals surface area contributed by atoms with Crippen molar-refractivity contribution >= 4 is 43.2 Å². The van der Waals surface area contributed by atoms with Crippen molar-refractivity contribution in [2.24, 2.45) is 0 Å². The molecule has 21 heavy (non-hydrogen) atoms. The van der Waals surface area contributed by atoms with Crippen LogP contribution in [0.5, 0.6) is 0 Å². The average Bonchev–Trinajstić information content (AvgIpc) is 2.41. The van der Waals surface area contributed by atoms with E-state index in [-0.39, 0.29) is 10.0 Å². The normalized spacial score (nSPS) is 11.7. The first-order valence-electron chi connectivity index (χ1n) is 6.23. The first kappa shape index (κ1) is 16.3. The highest BCUT2D eigenvalue weighted by atomic mass is 79.9. The summed E-state index contributed by atoms with van der Waals surface area (Å²) in [7, 11) is -3.78. The number of hydrogen-bond donors (Lipinski definition) is 1. The molecule has 2 rings (SSSR count). The first-order valence-corrected chi connectivity index (χ1v) is 8.89. The fourth-order valence-corrected chi connectivity index (χ4v) is 3.76. The van der Waals surface area contributed by atoms with Crippen molar-refractivity contribution in [3.8, 4) is 0 Å². The molecule has 0 saturated carbocycles. The van der Waals surface area contributed by atoms with E-state index < -0.39 is 10.0 Å². The highest BCUT2D eigenvalue weighted by molar-refractivity contribution is 9.10. The third-order valence-electron chi connectivity index (χ3n) is 2.87. The van der Waals surface area contributed by atoms with E-state index in [0.717, 1.165) is 5.56 Å². The maximum atomic E-state index is 12.4. The van der Waals surface area contributed by atoms with Crippen LogP contribution in [0.2, 0.25) is 5.15 Å². The molecule has 1 aromatic heterocycles. The number of nitrogens with one attached hydrogen (secondary N) is 1. The molecule has 0 aliphatic rings.